The van der Waals surface area contributed by atoms with Crippen molar-refractivity contribution in [1.82, 2.24) is 0 Å². The standard InChI is InChI=1S/C20H24.2CH3.Ti/c1-3-7-19-15(5-1)9-11-17(19)13-14-18-12-10-16-6-2-4-8-20(16)18;;;/h9-12H,1-8,13-14H2;2*1H3;/q-2;2*-1;+4. The van der Waals surface area contributed by atoms with E-state index in [9.17, 15) is 0 Å². The minimum absolute atomic E-state index is 0. The Labute approximate surface area is 158 Å². The molecule has 0 N–H and O–H groups in total. The Morgan fingerprint density at radius 1 is 0.652 bits per heavy atom. The minimum atomic E-state index is 0. The smallest absolute Gasteiger partial charge is 0.358 e. The van der Waals surface area contributed by atoms with E-state index in [1.165, 1.54) is 64.2 Å². The molecule has 0 unspecified atom stereocenters. The van der Waals surface area contributed by atoms with Crippen LogP contribution < -0.4 is 0 Å². The molecule has 0 heterocycles. The molecule has 0 aromatic heterocycles. The van der Waals surface area contributed by atoms with Crippen LogP contribution in [-0.2, 0) is 60.2 Å². The maximum absolute atomic E-state index is 2.41. The van der Waals surface area contributed by atoms with E-state index in [0.29, 0.717) is 0 Å². The third kappa shape index (κ3) is 4.09. The maximum Gasteiger partial charge on any atom is 4.00 e. The van der Waals surface area contributed by atoms with Gasteiger partial charge in [0, 0.05) is 0 Å². The van der Waals surface area contributed by atoms with E-state index < -0.39 is 0 Å². The molecule has 0 bridgehead atoms. The van der Waals surface area contributed by atoms with Crippen LogP contribution in [0.5, 0.6) is 0 Å². The molecule has 0 radical (unpaired) electrons. The van der Waals surface area contributed by atoms with Gasteiger partial charge in [0.15, 0.2) is 0 Å². The zero-order chi connectivity index (χ0) is 13.4. The zero-order valence-corrected chi connectivity index (χ0v) is 16.4. The first-order valence-electron chi connectivity index (χ1n) is 8.44. The Hall–Kier alpha value is -0.586. The van der Waals surface area contributed by atoms with Crippen LogP contribution in [0.15, 0.2) is 24.3 Å². The van der Waals surface area contributed by atoms with E-state index in [-0.39, 0.29) is 36.6 Å². The van der Waals surface area contributed by atoms with Gasteiger partial charge in [-0.1, -0.05) is 64.2 Å². The van der Waals surface area contributed by atoms with Gasteiger partial charge in [-0.25, -0.2) is 12.1 Å². The predicted octanol–water partition coefficient (Wildman–Crippen LogP) is 5.57. The monoisotopic (exact) mass is 342 g/mol. The third-order valence-corrected chi connectivity index (χ3v) is 5.43. The van der Waals surface area contributed by atoms with E-state index in [0.717, 1.165) is 0 Å². The van der Waals surface area contributed by atoms with Gasteiger partial charge < -0.3 is 14.9 Å². The van der Waals surface area contributed by atoms with Crippen molar-refractivity contribution < 1.29 is 21.7 Å². The van der Waals surface area contributed by atoms with Crippen LogP contribution in [0.2, 0.25) is 0 Å². The Balaban J connectivity index is 0.000000882. The summed E-state index contributed by atoms with van der Waals surface area (Å²) < 4.78 is 0. The van der Waals surface area contributed by atoms with Crippen molar-refractivity contribution in [3.63, 3.8) is 0 Å². The molecule has 2 aromatic rings. The number of hydrogen-bond donors (Lipinski definition) is 0. The summed E-state index contributed by atoms with van der Waals surface area (Å²) in [5.74, 6) is 0. The molecule has 4 rings (SSSR count). The predicted molar refractivity (Wildman–Crippen MR) is 97.6 cm³/mol. The van der Waals surface area contributed by atoms with Gasteiger partial charge in [0.25, 0.3) is 0 Å². The van der Waals surface area contributed by atoms with Crippen molar-refractivity contribution in [2.45, 2.75) is 64.2 Å². The molecule has 0 fully saturated rings. The molecule has 1 heteroatoms. The van der Waals surface area contributed by atoms with Gasteiger partial charge >= 0.3 is 21.7 Å². The summed E-state index contributed by atoms with van der Waals surface area (Å²) in [6, 6.07) is 9.60. The van der Waals surface area contributed by atoms with Gasteiger partial charge in [-0.15, -0.1) is 0 Å². The summed E-state index contributed by atoms with van der Waals surface area (Å²) in [5, 5.41) is 0. The average Bonchev–Trinajstić information content (AvgIpc) is 3.09. The van der Waals surface area contributed by atoms with Crippen LogP contribution in [0.25, 0.3) is 0 Å². The largest absolute Gasteiger partial charge is 4.00 e. The molecule has 2 aliphatic carbocycles. The number of hydrogen-bond acceptors (Lipinski definition) is 0. The molecule has 2 aromatic carbocycles. The quantitative estimate of drug-likeness (QED) is 0.506. The Bertz CT molecular complexity index is 545. The summed E-state index contributed by atoms with van der Waals surface area (Å²) >= 11 is 0. The van der Waals surface area contributed by atoms with Crippen molar-refractivity contribution in [2.24, 2.45) is 0 Å². The maximum atomic E-state index is 2.41. The number of rotatable bonds is 3. The normalized spacial score (nSPS) is 15.5. The van der Waals surface area contributed by atoms with Crippen molar-refractivity contribution >= 4 is 0 Å². The first-order chi connectivity index (χ1) is 9.92. The number of fused-ring (bicyclic) bond motifs is 2. The minimum Gasteiger partial charge on any atom is -0.358 e. The van der Waals surface area contributed by atoms with Crippen LogP contribution in [0.4, 0.5) is 0 Å². The van der Waals surface area contributed by atoms with Crippen molar-refractivity contribution in [2.75, 3.05) is 0 Å². The molecule has 0 saturated heterocycles. The van der Waals surface area contributed by atoms with Crippen LogP contribution in [0.1, 0.15) is 59.1 Å². The van der Waals surface area contributed by atoms with Crippen LogP contribution in [0, 0.1) is 14.9 Å². The number of aryl methyl sites for hydroxylation is 4. The third-order valence-electron chi connectivity index (χ3n) is 5.43. The molecular formula is C22H30Ti. The summed E-state index contributed by atoms with van der Waals surface area (Å²) in [6.45, 7) is 0. The molecule has 0 aliphatic heterocycles. The molecule has 0 saturated carbocycles. The van der Waals surface area contributed by atoms with Gasteiger partial charge in [0.2, 0.25) is 0 Å². The molecule has 0 atom stereocenters. The fourth-order valence-corrected chi connectivity index (χ4v) is 4.30. The Kier molecular flexibility index (Phi) is 8.04. The van der Waals surface area contributed by atoms with E-state index in [4.69, 9.17) is 0 Å². The van der Waals surface area contributed by atoms with Crippen molar-refractivity contribution in [1.29, 1.82) is 0 Å². The van der Waals surface area contributed by atoms with Crippen LogP contribution >= 0.6 is 0 Å². The fraction of sp³-hybridized carbons (Fsp3) is 0.455. The van der Waals surface area contributed by atoms with Gasteiger partial charge in [0.1, 0.15) is 0 Å². The second kappa shape index (κ2) is 9.04. The van der Waals surface area contributed by atoms with Gasteiger partial charge in [0.05, 0.1) is 0 Å². The van der Waals surface area contributed by atoms with E-state index in [1.807, 2.05) is 0 Å². The van der Waals surface area contributed by atoms with Crippen LogP contribution in [-0.4, -0.2) is 0 Å². The second-order valence-electron chi connectivity index (χ2n) is 6.64. The van der Waals surface area contributed by atoms with E-state index in [1.54, 1.807) is 33.4 Å². The summed E-state index contributed by atoms with van der Waals surface area (Å²) in [6.07, 6.45) is 13.4. The van der Waals surface area contributed by atoms with Gasteiger partial charge in [-0.3, -0.25) is 0 Å². The summed E-state index contributed by atoms with van der Waals surface area (Å²) in [5.41, 5.74) is 10.00. The molecule has 122 valence electrons. The van der Waals surface area contributed by atoms with Gasteiger partial charge in [-0.05, 0) is 0 Å². The topological polar surface area (TPSA) is 0 Å². The SMILES string of the molecule is [CH3-].[CH3-].[Ti+4].c1c[c-](CC[c-]2ccc3c2CCCC3)c2c1CCCC2. The summed E-state index contributed by atoms with van der Waals surface area (Å²) in [4.78, 5) is 0. The molecular weight excluding hydrogens is 312 g/mol. The van der Waals surface area contributed by atoms with E-state index in [2.05, 4.69) is 24.3 Å². The Morgan fingerprint density at radius 2 is 1.04 bits per heavy atom. The molecule has 0 nitrogen and oxygen atoms in total. The van der Waals surface area contributed by atoms with Crippen molar-refractivity contribution in [3.05, 3.63) is 72.5 Å². The molecule has 0 spiro atoms. The first-order valence-corrected chi connectivity index (χ1v) is 8.44. The molecule has 23 heavy (non-hydrogen) atoms. The first kappa shape index (κ1) is 20.5. The second-order valence-corrected chi connectivity index (χ2v) is 6.64. The van der Waals surface area contributed by atoms with E-state index >= 15 is 0 Å². The van der Waals surface area contributed by atoms with Crippen LogP contribution in [0.3, 0.4) is 0 Å². The summed E-state index contributed by atoms with van der Waals surface area (Å²) in [7, 11) is 0. The molecule has 0 amide bonds. The fourth-order valence-electron chi connectivity index (χ4n) is 4.30. The van der Waals surface area contributed by atoms with Crippen molar-refractivity contribution in [3.8, 4) is 0 Å². The Morgan fingerprint density at radius 3 is 1.48 bits per heavy atom. The van der Waals surface area contributed by atoms with Gasteiger partial charge in [-0.2, -0.15) is 45.5 Å². The molecule has 2 aliphatic rings. The zero-order valence-electron chi connectivity index (χ0n) is 14.9. The average molecular weight is 342 g/mol.